The zero-order valence-electron chi connectivity index (χ0n) is 15.0. The van der Waals surface area contributed by atoms with Crippen molar-refractivity contribution in [1.29, 1.82) is 0 Å². The van der Waals surface area contributed by atoms with Crippen LogP contribution in [0.2, 0.25) is 0 Å². The summed E-state index contributed by atoms with van der Waals surface area (Å²) < 4.78 is 10.5. The molecule has 0 unspecified atom stereocenters. The first kappa shape index (κ1) is 18.3. The van der Waals surface area contributed by atoms with Crippen LogP contribution in [0.25, 0.3) is 12.2 Å². The summed E-state index contributed by atoms with van der Waals surface area (Å²) in [6.45, 7) is 0. The van der Waals surface area contributed by atoms with E-state index in [0.717, 1.165) is 16.8 Å². The molecule has 0 aliphatic carbocycles. The van der Waals surface area contributed by atoms with Crippen molar-refractivity contribution in [3.63, 3.8) is 0 Å². The average Bonchev–Trinajstić information content (AvgIpc) is 2.64. The molecule has 2 aromatic rings. The van der Waals surface area contributed by atoms with E-state index in [2.05, 4.69) is 0 Å². The van der Waals surface area contributed by atoms with Gasteiger partial charge in [0.15, 0.2) is 17.3 Å². The lowest BCUT2D eigenvalue weighted by atomic mass is 10.1. The molecule has 0 aliphatic rings. The van der Waals surface area contributed by atoms with Crippen LogP contribution in [0.1, 0.15) is 11.1 Å². The molecule has 0 heterocycles. The third-order valence-corrected chi connectivity index (χ3v) is 3.70. The van der Waals surface area contributed by atoms with Crippen LogP contribution in [0.5, 0.6) is 11.5 Å². The van der Waals surface area contributed by atoms with Gasteiger partial charge in [-0.2, -0.15) is 0 Å². The van der Waals surface area contributed by atoms with Gasteiger partial charge in [0.05, 0.1) is 14.2 Å². The number of carbonyl (C=O) groups excluding carboxylic acids is 1. The maximum Gasteiger partial charge on any atom is 0.178 e. The van der Waals surface area contributed by atoms with Gasteiger partial charge in [0.1, 0.15) is 0 Å². The quantitative estimate of drug-likeness (QED) is 0.714. The van der Waals surface area contributed by atoms with Gasteiger partial charge in [-0.05, 0) is 47.5 Å². The van der Waals surface area contributed by atoms with Gasteiger partial charge in [-0.1, -0.05) is 30.4 Å². The fraction of sp³-hybridized carbons (Fsp3) is 0.190. The minimum atomic E-state index is -0.0773. The van der Waals surface area contributed by atoms with E-state index in [-0.39, 0.29) is 5.78 Å². The van der Waals surface area contributed by atoms with E-state index < -0.39 is 0 Å². The molecule has 0 atom stereocenters. The highest BCUT2D eigenvalue weighted by Gasteiger charge is 2.02. The summed E-state index contributed by atoms with van der Waals surface area (Å²) in [5.41, 5.74) is 2.98. The number of methoxy groups -OCH3 is 2. The van der Waals surface area contributed by atoms with E-state index in [9.17, 15) is 4.79 Å². The number of hydrogen-bond donors (Lipinski definition) is 0. The lowest BCUT2D eigenvalue weighted by Crippen LogP contribution is -2.07. The summed E-state index contributed by atoms with van der Waals surface area (Å²) in [7, 11) is 7.16. The number of carbonyl (C=O) groups is 1. The van der Waals surface area contributed by atoms with Gasteiger partial charge < -0.3 is 14.4 Å². The SMILES string of the molecule is COc1ccc(/C=C/C(=O)/C=C/c2ccc(N(C)C)cc2)cc1OC. The number of allylic oxidation sites excluding steroid dienone is 2. The zero-order chi connectivity index (χ0) is 18.2. The standard InChI is InChI=1S/C21H23NO3/c1-22(2)18-10-5-16(6-11-18)7-12-19(23)13-8-17-9-14-20(24-3)21(15-17)25-4/h5-15H,1-4H3/b12-7+,13-8+. The number of anilines is 1. The Morgan fingerprint density at radius 3 is 1.96 bits per heavy atom. The van der Waals surface area contributed by atoms with E-state index >= 15 is 0 Å². The fourth-order valence-electron chi connectivity index (χ4n) is 2.25. The molecule has 4 heteroatoms. The van der Waals surface area contributed by atoms with Crippen LogP contribution >= 0.6 is 0 Å². The van der Waals surface area contributed by atoms with Crippen molar-refractivity contribution < 1.29 is 14.3 Å². The largest absolute Gasteiger partial charge is 0.493 e. The number of rotatable bonds is 7. The van der Waals surface area contributed by atoms with Crippen molar-refractivity contribution in [2.75, 3.05) is 33.2 Å². The highest BCUT2D eigenvalue weighted by molar-refractivity contribution is 6.04. The van der Waals surface area contributed by atoms with Crippen molar-refractivity contribution in [3.8, 4) is 11.5 Å². The Morgan fingerprint density at radius 2 is 1.40 bits per heavy atom. The maximum absolute atomic E-state index is 12.0. The van der Waals surface area contributed by atoms with Gasteiger partial charge >= 0.3 is 0 Å². The molecule has 4 nitrogen and oxygen atoms in total. The number of ketones is 1. The van der Waals surface area contributed by atoms with Crippen LogP contribution in [-0.2, 0) is 4.79 Å². The molecule has 2 aromatic carbocycles. The van der Waals surface area contributed by atoms with Crippen molar-refractivity contribution in [2.45, 2.75) is 0 Å². The molecule has 0 spiro atoms. The number of nitrogens with zero attached hydrogens (tertiary/aromatic N) is 1. The second kappa shape index (κ2) is 8.73. The monoisotopic (exact) mass is 337 g/mol. The number of ether oxygens (including phenoxy) is 2. The average molecular weight is 337 g/mol. The van der Waals surface area contributed by atoms with Crippen molar-refractivity contribution in [3.05, 3.63) is 65.7 Å². The summed E-state index contributed by atoms with van der Waals surface area (Å²) in [5.74, 6) is 1.21. The van der Waals surface area contributed by atoms with Crippen LogP contribution in [0.15, 0.2) is 54.6 Å². The minimum Gasteiger partial charge on any atom is -0.493 e. The van der Waals surface area contributed by atoms with E-state index in [4.69, 9.17) is 9.47 Å². The fourth-order valence-corrected chi connectivity index (χ4v) is 2.25. The maximum atomic E-state index is 12.0. The van der Waals surface area contributed by atoms with E-state index in [1.54, 1.807) is 32.4 Å². The lowest BCUT2D eigenvalue weighted by Gasteiger charge is -2.11. The van der Waals surface area contributed by atoms with Crippen LogP contribution in [0, 0.1) is 0 Å². The van der Waals surface area contributed by atoms with Crippen LogP contribution < -0.4 is 14.4 Å². The Labute approximate surface area is 149 Å². The molecule has 0 bridgehead atoms. The normalized spacial score (nSPS) is 11.0. The first-order chi connectivity index (χ1) is 12.0. The van der Waals surface area contributed by atoms with Gasteiger partial charge in [-0.3, -0.25) is 4.79 Å². The molecule has 0 saturated heterocycles. The summed E-state index contributed by atoms with van der Waals surface area (Å²) in [6.07, 6.45) is 6.65. The van der Waals surface area contributed by atoms with Crippen molar-refractivity contribution in [2.24, 2.45) is 0 Å². The van der Waals surface area contributed by atoms with Crippen LogP contribution in [-0.4, -0.2) is 34.1 Å². The zero-order valence-corrected chi connectivity index (χ0v) is 15.0. The van der Waals surface area contributed by atoms with Gasteiger partial charge in [0, 0.05) is 19.8 Å². The smallest absolute Gasteiger partial charge is 0.178 e. The molecule has 0 radical (unpaired) electrons. The topological polar surface area (TPSA) is 38.8 Å². The predicted molar refractivity (Wildman–Crippen MR) is 103 cm³/mol. The highest BCUT2D eigenvalue weighted by atomic mass is 16.5. The Kier molecular flexibility index (Phi) is 6.40. The summed E-state index contributed by atoms with van der Waals surface area (Å²) in [4.78, 5) is 14.0. The highest BCUT2D eigenvalue weighted by Crippen LogP contribution is 2.27. The summed E-state index contributed by atoms with van der Waals surface area (Å²) in [6, 6.07) is 13.5. The lowest BCUT2D eigenvalue weighted by molar-refractivity contribution is -0.110. The third kappa shape index (κ3) is 5.24. The van der Waals surface area contributed by atoms with Crippen LogP contribution in [0.4, 0.5) is 5.69 Å². The molecule has 0 aliphatic heterocycles. The van der Waals surface area contributed by atoms with E-state index in [1.807, 2.05) is 61.5 Å². The second-order valence-electron chi connectivity index (χ2n) is 5.67. The predicted octanol–water partition coefficient (Wildman–Crippen LogP) is 4.07. The Bertz CT molecular complexity index is 774. The van der Waals surface area contributed by atoms with Crippen molar-refractivity contribution in [1.82, 2.24) is 0 Å². The van der Waals surface area contributed by atoms with Gasteiger partial charge in [0.25, 0.3) is 0 Å². The first-order valence-corrected chi connectivity index (χ1v) is 7.93. The Balaban J connectivity index is 2.02. The van der Waals surface area contributed by atoms with E-state index in [1.165, 1.54) is 6.08 Å². The molecule has 0 saturated carbocycles. The molecule has 0 N–H and O–H groups in total. The van der Waals surface area contributed by atoms with Gasteiger partial charge in [-0.15, -0.1) is 0 Å². The Morgan fingerprint density at radius 1 is 0.840 bits per heavy atom. The van der Waals surface area contributed by atoms with E-state index in [0.29, 0.717) is 11.5 Å². The molecule has 0 aromatic heterocycles. The second-order valence-corrected chi connectivity index (χ2v) is 5.67. The molecule has 130 valence electrons. The van der Waals surface area contributed by atoms with Gasteiger partial charge in [0.2, 0.25) is 0 Å². The number of benzene rings is 2. The van der Waals surface area contributed by atoms with Crippen LogP contribution in [0.3, 0.4) is 0 Å². The number of hydrogen-bond acceptors (Lipinski definition) is 4. The molecule has 2 rings (SSSR count). The third-order valence-electron chi connectivity index (χ3n) is 3.70. The molecule has 25 heavy (non-hydrogen) atoms. The minimum absolute atomic E-state index is 0.0773. The van der Waals surface area contributed by atoms with Gasteiger partial charge in [-0.25, -0.2) is 0 Å². The van der Waals surface area contributed by atoms with Crippen molar-refractivity contribution >= 4 is 23.6 Å². The Hall–Kier alpha value is -3.01. The summed E-state index contributed by atoms with van der Waals surface area (Å²) in [5, 5.41) is 0. The molecule has 0 amide bonds. The molecule has 0 fully saturated rings. The first-order valence-electron chi connectivity index (χ1n) is 7.93. The summed E-state index contributed by atoms with van der Waals surface area (Å²) >= 11 is 0. The molecular weight excluding hydrogens is 314 g/mol. The molecular formula is C21H23NO3.